The molecule has 0 aliphatic rings. The van der Waals surface area contributed by atoms with Gasteiger partial charge in [0.1, 0.15) is 12.4 Å². The predicted octanol–water partition coefficient (Wildman–Crippen LogP) is 3.20. The van der Waals surface area contributed by atoms with E-state index in [9.17, 15) is 4.79 Å². The van der Waals surface area contributed by atoms with Gasteiger partial charge in [0, 0.05) is 11.1 Å². The largest absolute Gasteiger partial charge is 0.493 e. The lowest BCUT2D eigenvalue weighted by atomic mass is 10.1. The molecule has 1 atom stereocenters. The average molecular weight is 390 g/mol. The second-order valence-corrected chi connectivity index (χ2v) is 5.73. The summed E-state index contributed by atoms with van der Waals surface area (Å²) in [5, 5.41) is 3.22. The van der Waals surface area contributed by atoms with Crippen molar-refractivity contribution in [3.63, 3.8) is 0 Å². The van der Waals surface area contributed by atoms with Gasteiger partial charge in [-0.25, -0.2) is 0 Å². The maximum absolute atomic E-state index is 12.5. The zero-order valence-electron chi connectivity index (χ0n) is 15.0. The molecule has 2 aromatic carbocycles. The van der Waals surface area contributed by atoms with Crippen LogP contribution < -0.4 is 19.5 Å². The molecule has 0 radical (unpaired) electrons. The number of benzene rings is 2. The molecule has 1 unspecified atom stereocenters. The van der Waals surface area contributed by atoms with Gasteiger partial charge in [-0.1, -0.05) is 29.7 Å². The summed E-state index contributed by atoms with van der Waals surface area (Å²) in [6.45, 7) is -0.0604. The summed E-state index contributed by atoms with van der Waals surface area (Å²) in [5.74, 6) is 3.60. The Hall–Kier alpha value is -2.88. The zero-order chi connectivity index (χ0) is 19.6. The molecule has 0 aromatic heterocycles. The van der Waals surface area contributed by atoms with Crippen LogP contribution in [0.25, 0.3) is 0 Å². The Morgan fingerprint density at radius 2 is 1.85 bits per heavy atom. The van der Waals surface area contributed by atoms with Gasteiger partial charge in [-0.15, -0.1) is 6.42 Å². The molecule has 0 aliphatic carbocycles. The number of nitrogens with one attached hydrogen (secondary N) is 1. The van der Waals surface area contributed by atoms with E-state index in [1.165, 1.54) is 7.11 Å². The summed E-state index contributed by atoms with van der Waals surface area (Å²) >= 11 is 5.89. The topological polar surface area (TPSA) is 66.0 Å². The van der Waals surface area contributed by atoms with E-state index in [1.54, 1.807) is 49.6 Å². The van der Waals surface area contributed by atoms with E-state index in [1.807, 2.05) is 0 Å². The minimum atomic E-state index is -0.868. The third-order valence-corrected chi connectivity index (χ3v) is 3.84. The SMILES string of the molecule is C#CCOC(C(=O)NCOc1ccc(OC)c(OC)c1)c1ccc(Cl)cc1. The van der Waals surface area contributed by atoms with Gasteiger partial charge in [-0.05, 0) is 29.8 Å². The summed E-state index contributed by atoms with van der Waals surface area (Å²) in [6, 6.07) is 11.8. The van der Waals surface area contributed by atoms with Crippen molar-refractivity contribution < 1.29 is 23.7 Å². The van der Waals surface area contributed by atoms with E-state index in [2.05, 4.69) is 11.2 Å². The number of halogens is 1. The molecule has 7 heteroatoms. The van der Waals surface area contributed by atoms with Crippen LogP contribution in [0.5, 0.6) is 17.2 Å². The van der Waals surface area contributed by atoms with Gasteiger partial charge in [-0.2, -0.15) is 0 Å². The van der Waals surface area contributed by atoms with Crippen LogP contribution in [0.3, 0.4) is 0 Å². The van der Waals surface area contributed by atoms with Gasteiger partial charge in [0.2, 0.25) is 0 Å². The van der Waals surface area contributed by atoms with E-state index < -0.39 is 6.10 Å². The van der Waals surface area contributed by atoms with Crippen LogP contribution in [0.15, 0.2) is 42.5 Å². The molecule has 1 amide bonds. The van der Waals surface area contributed by atoms with E-state index in [0.717, 1.165) is 0 Å². The van der Waals surface area contributed by atoms with Crippen molar-refractivity contribution in [1.29, 1.82) is 0 Å². The Bertz CT molecular complexity index is 801. The number of rotatable bonds is 9. The van der Waals surface area contributed by atoms with Crippen LogP contribution in [-0.2, 0) is 9.53 Å². The third kappa shape index (κ3) is 5.81. The second-order valence-electron chi connectivity index (χ2n) is 5.29. The van der Waals surface area contributed by atoms with Crippen molar-refractivity contribution >= 4 is 17.5 Å². The average Bonchev–Trinajstić information content (AvgIpc) is 2.69. The first-order valence-electron chi connectivity index (χ1n) is 8.02. The Labute approximate surface area is 163 Å². The lowest BCUT2D eigenvalue weighted by Gasteiger charge is -2.17. The first-order valence-corrected chi connectivity index (χ1v) is 8.40. The third-order valence-electron chi connectivity index (χ3n) is 3.58. The molecule has 0 saturated carbocycles. The molecule has 2 aromatic rings. The zero-order valence-corrected chi connectivity index (χ0v) is 15.8. The van der Waals surface area contributed by atoms with Crippen molar-refractivity contribution in [2.24, 2.45) is 0 Å². The lowest BCUT2D eigenvalue weighted by molar-refractivity contribution is -0.133. The molecule has 0 aliphatic heterocycles. The summed E-state index contributed by atoms with van der Waals surface area (Å²) in [4.78, 5) is 12.5. The van der Waals surface area contributed by atoms with Crippen molar-refractivity contribution in [3.05, 3.63) is 53.1 Å². The Kier molecular flexibility index (Phi) is 7.80. The van der Waals surface area contributed by atoms with Crippen LogP contribution in [0.4, 0.5) is 0 Å². The summed E-state index contributed by atoms with van der Waals surface area (Å²) < 4.78 is 21.4. The number of ether oxygens (including phenoxy) is 4. The first kappa shape index (κ1) is 20.4. The highest BCUT2D eigenvalue weighted by Crippen LogP contribution is 2.30. The highest BCUT2D eigenvalue weighted by Gasteiger charge is 2.21. The fourth-order valence-electron chi connectivity index (χ4n) is 2.28. The molecular weight excluding hydrogens is 370 g/mol. The molecule has 142 valence electrons. The second kappa shape index (κ2) is 10.3. The summed E-state index contributed by atoms with van der Waals surface area (Å²) in [6.07, 6.45) is 4.36. The number of carbonyl (C=O) groups is 1. The molecule has 6 nitrogen and oxygen atoms in total. The number of amides is 1. The number of hydrogen-bond acceptors (Lipinski definition) is 5. The van der Waals surface area contributed by atoms with Crippen molar-refractivity contribution in [2.75, 3.05) is 27.6 Å². The van der Waals surface area contributed by atoms with Crippen molar-refractivity contribution in [2.45, 2.75) is 6.10 Å². The monoisotopic (exact) mass is 389 g/mol. The van der Waals surface area contributed by atoms with E-state index >= 15 is 0 Å². The van der Waals surface area contributed by atoms with E-state index in [4.69, 9.17) is 37.0 Å². The van der Waals surface area contributed by atoms with Crippen LogP contribution in [-0.4, -0.2) is 33.5 Å². The summed E-state index contributed by atoms with van der Waals surface area (Å²) in [5.41, 5.74) is 0.637. The van der Waals surface area contributed by atoms with Crippen LogP contribution >= 0.6 is 11.6 Å². The number of hydrogen-bond donors (Lipinski definition) is 1. The lowest BCUT2D eigenvalue weighted by Crippen LogP contribution is -2.33. The van der Waals surface area contributed by atoms with Gasteiger partial charge in [0.05, 0.1) is 14.2 Å². The van der Waals surface area contributed by atoms with Gasteiger partial charge < -0.3 is 24.3 Å². The van der Waals surface area contributed by atoms with Crippen LogP contribution in [0, 0.1) is 12.3 Å². The minimum Gasteiger partial charge on any atom is -0.493 e. The molecule has 27 heavy (non-hydrogen) atoms. The quantitative estimate of drug-likeness (QED) is 0.527. The van der Waals surface area contributed by atoms with E-state index in [-0.39, 0.29) is 19.2 Å². The van der Waals surface area contributed by atoms with Gasteiger partial charge in [0.25, 0.3) is 5.91 Å². The number of terminal acetylenes is 1. The maximum Gasteiger partial charge on any atom is 0.256 e. The fraction of sp³-hybridized carbons (Fsp3) is 0.250. The standard InChI is InChI=1S/C20H20ClNO5/c1-4-11-26-19(14-5-7-15(21)8-6-14)20(23)22-13-27-16-9-10-17(24-2)18(12-16)25-3/h1,5-10,12,19H,11,13H2,2-3H3,(H,22,23). The predicted molar refractivity (Wildman–Crippen MR) is 102 cm³/mol. The number of methoxy groups -OCH3 is 2. The fourth-order valence-corrected chi connectivity index (χ4v) is 2.41. The van der Waals surface area contributed by atoms with E-state index in [0.29, 0.717) is 27.8 Å². The van der Waals surface area contributed by atoms with Gasteiger partial charge >= 0.3 is 0 Å². The molecule has 0 bridgehead atoms. The smallest absolute Gasteiger partial charge is 0.256 e. The molecule has 0 spiro atoms. The van der Waals surface area contributed by atoms with Gasteiger partial charge in [-0.3, -0.25) is 4.79 Å². The normalized spacial score (nSPS) is 11.2. The molecule has 0 heterocycles. The number of carbonyl (C=O) groups excluding carboxylic acids is 1. The Balaban J connectivity index is 1.99. The van der Waals surface area contributed by atoms with Gasteiger partial charge in [0.15, 0.2) is 24.3 Å². The summed E-state index contributed by atoms with van der Waals surface area (Å²) in [7, 11) is 3.08. The van der Waals surface area contributed by atoms with Crippen LogP contribution in [0.1, 0.15) is 11.7 Å². The maximum atomic E-state index is 12.5. The minimum absolute atomic E-state index is 0.00273. The highest BCUT2D eigenvalue weighted by atomic mass is 35.5. The molecule has 1 N–H and O–H groups in total. The molecular formula is C20H20ClNO5. The molecule has 2 rings (SSSR count). The highest BCUT2D eigenvalue weighted by molar-refractivity contribution is 6.30. The Morgan fingerprint density at radius 1 is 1.15 bits per heavy atom. The first-order chi connectivity index (χ1) is 13.1. The van der Waals surface area contributed by atoms with Crippen LogP contribution in [0.2, 0.25) is 5.02 Å². The molecule has 0 saturated heterocycles. The van der Waals surface area contributed by atoms with Crippen molar-refractivity contribution in [1.82, 2.24) is 5.32 Å². The van der Waals surface area contributed by atoms with Crippen molar-refractivity contribution in [3.8, 4) is 29.6 Å². The molecule has 0 fully saturated rings. The Morgan fingerprint density at radius 3 is 2.48 bits per heavy atom.